The van der Waals surface area contributed by atoms with Crippen LogP contribution >= 0.6 is 0 Å². The number of pyridine rings is 1. The normalized spacial score (nSPS) is 21.6. The second-order valence-corrected chi connectivity index (χ2v) is 11.1. The topological polar surface area (TPSA) is 95.0 Å². The summed E-state index contributed by atoms with van der Waals surface area (Å²) < 4.78 is 6.64. The van der Waals surface area contributed by atoms with Gasteiger partial charge < -0.3 is 25.0 Å². The van der Waals surface area contributed by atoms with Gasteiger partial charge >= 0.3 is 0 Å². The van der Waals surface area contributed by atoms with Gasteiger partial charge in [-0.25, -0.2) is 0 Å². The Hall–Kier alpha value is -2.97. The van der Waals surface area contributed by atoms with Crippen LogP contribution in [0.2, 0.25) is 0 Å². The van der Waals surface area contributed by atoms with Gasteiger partial charge in [0.15, 0.2) is 0 Å². The molecule has 38 heavy (non-hydrogen) atoms. The van der Waals surface area contributed by atoms with Crippen LogP contribution in [0.4, 0.5) is 5.69 Å². The smallest absolute Gasteiger partial charge is 0.255 e. The number of benzene rings is 1. The molecule has 1 aliphatic carbocycles. The summed E-state index contributed by atoms with van der Waals surface area (Å²) in [5, 5.41) is 12.8. The number of anilines is 1. The van der Waals surface area contributed by atoms with Crippen molar-refractivity contribution in [1.82, 2.24) is 14.8 Å². The molecule has 2 aliphatic rings. The molecular formula is C30H42N4O4. The molecule has 2 heterocycles. The van der Waals surface area contributed by atoms with Crippen molar-refractivity contribution in [3.63, 3.8) is 0 Å². The maximum absolute atomic E-state index is 13.4. The first-order chi connectivity index (χ1) is 18.3. The number of rotatable bonds is 8. The van der Waals surface area contributed by atoms with Gasteiger partial charge in [0.05, 0.1) is 19.1 Å². The SMILES string of the molecule is C[C@H]1CN([C@@H](C)CO)C(=O)Cc2cc(NC(=O)c3ccncc3)ccc2O[C@H]1CN(C)CC1CCCCC1. The number of likely N-dealkylation sites (N-methyl/N-ethyl adjacent to an activating group) is 1. The third-order valence-corrected chi connectivity index (χ3v) is 7.90. The van der Waals surface area contributed by atoms with Crippen molar-refractivity contribution in [2.75, 3.05) is 38.6 Å². The molecule has 1 saturated carbocycles. The van der Waals surface area contributed by atoms with E-state index in [0.29, 0.717) is 23.5 Å². The monoisotopic (exact) mass is 522 g/mol. The number of carbonyl (C=O) groups excluding carboxylic acids is 2. The molecule has 2 amide bonds. The van der Waals surface area contributed by atoms with Gasteiger partial charge in [0, 0.05) is 54.8 Å². The van der Waals surface area contributed by atoms with Crippen LogP contribution in [-0.4, -0.2) is 77.1 Å². The van der Waals surface area contributed by atoms with E-state index in [1.54, 1.807) is 29.4 Å². The molecule has 206 valence electrons. The Morgan fingerprint density at radius 3 is 2.63 bits per heavy atom. The number of nitrogens with zero attached hydrogens (tertiary/aromatic N) is 3. The van der Waals surface area contributed by atoms with Gasteiger partial charge in [0.25, 0.3) is 5.91 Å². The maximum atomic E-state index is 13.4. The highest BCUT2D eigenvalue weighted by Gasteiger charge is 2.31. The molecule has 1 aromatic heterocycles. The molecule has 0 radical (unpaired) electrons. The number of aliphatic hydroxyl groups is 1. The summed E-state index contributed by atoms with van der Waals surface area (Å²) in [5.41, 5.74) is 1.84. The molecule has 1 aliphatic heterocycles. The summed E-state index contributed by atoms with van der Waals surface area (Å²) in [7, 11) is 2.16. The van der Waals surface area contributed by atoms with Crippen LogP contribution < -0.4 is 10.1 Å². The highest BCUT2D eigenvalue weighted by atomic mass is 16.5. The van der Waals surface area contributed by atoms with Gasteiger partial charge in [0.2, 0.25) is 5.91 Å². The van der Waals surface area contributed by atoms with Crippen LogP contribution in [-0.2, 0) is 11.2 Å². The fourth-order valence-corrected chi connectivity index (χ4v) is 5.62. The zero-order valence-corrected chi connectivity index (χ0v) is 22.9. The summed E-state index contributed by atoms with van der Waals surface area (Å²) in [6.45, 7) is 6.22. The molecule has 0 unspecified atom stereocenters. The molecule has 0 saturated heterocycles. The summed E-state index contributed by atoms with van der Waals surface area (Å²) >= 11 is 0. The minimum absolute atomic E-state index is 0.0583. The van der Waals surface area contributed by atoms with Crippen molar-refractivity contribution in [2.45, 2.75) is 64.5 Å². The van der Waals surface area contributed by atoms with Crippen molar-refractivity contribution in [3.8, 4) is 5.75 Å². The molecule has 0 spiro atoms. The summed E-state index contributed by atoms with van der Waals surface area (Å²) in [6.07, 6.45) is 9.73. The second-order valence-electron chi connectivity index (χ2n) is 11.1. The molecule has 3 atom stereocenters. The van der Waals surface area contributed by atoms with E-state index in [1.165, 1.54) is 32.1 Å². The predicted octanol–water partition coefficient (Wildman–Crippen LogP) is 4.00. The third kappa shape index (κ3) is 7.32. The van der Waals surface area contributed by atoms with Crippen LogP contribution in [0.3, 0.4) is 0 Å². The van der Waals surface area contributed by atoms with Crippen molar-refractivity contribution >= 4 is 17.5 Å². The van der Waals surface area contributed by atoms with Crippen molar-refractivity contribution in [1.29, 1.82) is 0 Å². The lowest BCUT2D eigenvalue weighted by molar-refractivity contribution is -0.134. The molecule has 1 fully saturated rings. The maximum Gasteiger partial charge on any atom is 0.255 e. The predicted molar refractivity (Wildman–Crippen MR) is 148 cm³/mol. The van der Waals surface area contributed by atoms with E-state index < -0.39 is 0 Å². The average molecular weight is 523 g/mol. The van der Waals surface area contributed by atoms with E-state index in [1.807, 2.05) is 25.1 Å². The van der Waals surface area contributed by atoms with Crippen molar-refractivity contribution < 1.29 is 19.4 Å². The van der Waals surface area contributed by atoms with Gasteiger partial charge in [-0.1, -0.05) is 26.2 Å². The molecule has 2 N–H and O–H groups in total. The molecule has 1 aromatic carbocycles. The summed E-state index contributed by atoms with van der Waals surface area (Å²) in [4.78, 5) is 34.3. The van der Waals surface area contributed by atoms with E-state index in [-0.39, 0.29) is 42.9 Å². The zero-order chi connectivity index (χ0) is 27.1. The minimum atomic E-state index is -0.290. The Labute approximate surface area is 226 Å². The van der Waals surface area contributed by atoms with Gasteiger partial charge in [-0.3, -0.25) is 14.6 Å². The number of hydrogen-bond acceptors (Lipinski definition) is 6. The Morgan fingerprint density at radius 2 is 1.92 bits per heavy atom. The van der Waals surface area contributed by atoms with E-state index in [9.17, 15) is 14.7 Å². The summed E-state index contributed by atoms with van der Waals surface area (Å²) in [5.74, 6) is 1.17. The number of aromatic nitrogens is 1. The molecule has 4 rings (SSSR count). The zero-order valence-electron chi connectivity index (χ0n) is 22.9. The Kier molecular flexibility index (Phi) is 9.74. The second kappa shape index (κ2) is 13.2. The van der Waals surface area contributed by atoms with E-state index in [4.69, 9.17) is 4.74 Å². The number of amides is 2. The molecular weight excluding hydrogens is 480 g/mol. The number of nitrogens with one attached hydrogen (secondary N) is 1. The average Bonchev–Trinajstić information content (AvgIpc) is 2.97. The number of carbonyl (C=O) groups is 2. The summed E-state index contributed by atoms with van der Waals surface area (Å²) in [6, 6.07) is 8.53. The standard InChI is InChI=1S/C30H42N4O4/c1-21-17-34(22(2)20-35)29(36)16-25-15-26(32-30(37)24-11-13-31-14-12-24)9-10-27(25)38-28(21)19-33(3)18-23-7-5-4-6-8-23/h9-15,21-23,28,35H,4-8,16-20H2,1-3H3,(H,32,37)/t21-,22-,28-/m0/s1. The molecule has 8 heteroatoms. The number of ether oxygens (including phenoxy) is 1. The molecule has 0 bridgehead atoms. The van der Waals surface area contributed by atoms with Gasteiger partial charge in [0.1, 0.15) is 11.9 Å². The highest BCUT2D eigenvalue weighted by Crippen LogP contribution is 2.30. The Balaban J connectivity index is 1.57. The third-order valence-electron chi connectivity index (χ3n) is 7.90. The first-order valence-corrected chi connectivity index (χ1v) is 13.9. The highest BCUT2D eigenvalue weighted by molar-refractivity contribution is 6.04. The Morgan fingerprint density at radius 1 is 1.18 bits per heavy atom. The lowest BCUT2D eigenvalue weighted by atomic mass is 9.89. The van der Waals surface area contributed by atoms with E-state index in [0.717, 1.165) is 24.6 Å². The first-order valence-electron chi connectivity index (χ1n) is 13.9. The number of fused-ring (bicyclic) bond motifs is 1. The number of aliphatic hydroxyl groups excluding tert-OH is 1. The van der Waals surface area contributed by atoms with Crippen molar-refractivity contribution in [2.24, 2.45) is 11.8 Å². The van der Waals surface area contributed by atoms with Crippen LogP contribution in [0.1, 0.15) is 61.9 Å². The largest absolute Gasteiger partial charge is 0.488 e. The fourth-order valence-electron chi connectivity index (χ4n) is 5.62. The first kappa shape index (κ1) is 28.0. The number of hydrogen-bond donors (Lipinski definition) is 2. The van der Waals surface area contributed by atoms with Crippen LogP contribution in [0.15, 0.2) is 42.7 Å². The quantitative estimate of drug-likeness (QED) is 0.544. The lowest BCUT2D eigenvalue weighted by Crippen LogP contribution is -2.48. The Bertz CT molecular complexity index is 1070. The van der Waals surface area contributed by atoms with Gasteiger partial charge in [-0.2, -0.15) is 0 Å². The minimum Gasteiger partial charge on any atom is -0.488 e. The van der Waals surface area contributed by atoms with Gasteiger partial charge in [-0.15, -0.1) is 0 Å². The molecule has 8 nitrogen and oxygen atoms in total. The van der Waals surface area contributed by atoms with E-state index >= 15 is 0 Å². The van der Waals surface area contributed by atoms with E-state index in [2.05, 4.69) is 29.2 Å². The fraction of sp³-hybridized carbons (Fsp3) is 0.567. The van der Waals surface area contributed by atoms with Crippen LogP contribution in [0, 0.1) is 11.8 Å². The van der Waals surface area contributed by atoms with Crippen molar-refractivity contribution in [3.05, 3.63) is 53.9 Å². The molecule has 2 aromatic rings. The van der Waals surface area contributed by atoms with Gasteiger partial charge in [-0.05, 0) is 63.1 Å². The van der Waals surface area contributed by atoms with Crippen LogP contribution in [0.5, 0.6) is 5.75 Å². The lowest BCUT2D eigenvalue weighted by Gasteiger charge is -2.35. The van der Waals surface area contributed by atoms with Crippen LogP contribution in [0.25, 0.3) is 0 Å².